The van der Waals surface area contributed by atoms with Gasteiger partial charge in [-0.15, -0.1) is 0 Å². The molecule has 1 aromatic rings. The zero-order chi connectivity index (χ0) is 18.5. The zero-order valence-electron chi connectivity index (χ0n) is 14.6. The molecule has 0 saturated heterocycles. The van der Waals surface area contributed by atoms with Gasteiger partial charge in [0.2, 0.25) is 0 Å². The van der Waals surface area contributed by atoms with Gasteiger partial charge in [0.1, 0.15) is 5.75 Å². The third-order valence-electron chi connectivity index (χ3n) is 3.72. The Labute approximate surface area is 151 Å². The molecule has 0 aliphatic carbocycles. The number of carbonyl (C=O) groups is 1. The molecule has 0 spiro atoms. The molecule has 134 valence electrons. The van der Waals surface area contributed by atoms with Crippen molar-refractivity contribution in [3.8, 4) is 5.75 Å². The lowest BCUT2D eigenvalue weighted by Gasteiger charge is -2.38. The number of aliphatic hydroxyl groups is 1. The first-order chi connectivity index (χ1) is 11.0. The molecule has 0 aliphatic rings. The van der Waals surface area contributed by atoms with Crippen LogP contribution in [0.25, 0.3) is 0 Å². The summed E-state index contributed by atoms with van der Waals surface area (Å²) in [5.74, 6) is -0.0878. The van der Waals surface area contributed by atoms with Crippen molar-refractivity contribution in [2.24, 2.45) is 0 Å². The third kappa shape index (κ3) is 6.09. The Morgan fingerprint density at radius 3 is 2.42 bits per heavy atom. The van der Waals surface area contributed by atoms with Gasteiger partial charge in [0.25, 0.3) is 0 Å². The van der Waals surface area contributed by atoms with E-state index >= 15 is 0 Å². The maximum atomic E-state index is 11.4. The average molecular weight is 403 g/mol. The number of hydrogen-bond donors (Lipinski definition) is 2. The maximum Gasteiger partial charge on any atom is 0.491 e. The van der Waals surface area contributed by atoms with Gasteiger partial charge >= 0.3 is 13.1 Å². The molecule has 1 aromatic carbocycles. The molecule has 0 aromatic heterocycles. The van der Waals surface area contributed by atoms with Crippen LogP contribution < -0.4 is 10.2 Å². The quantitative estimate of drug-likeness (QED) is 0.508. The molecule has 6 nitrogen and oxygen atoms in total. The summed E-state index contributed by atoms with van der Waals surface area (Å²) >= 11 is 3.33. The predicted molar refractivity (Wildman–Crippen MR) is 95.3 cm³/mol. The first-order valence-electron chi connectivity index (χ1n) is 7.63. The number of ether oxygens (including phenoxy) is 2. The van der Waals surface area contributed by atoms with Gasteiger partial charge in [-0.25, -0.2) is 4.79 Å². The van der Waals surface area contributed by atoms with E-state index in [0.29, 0.717) is 15.7 Å². The predicted octanol–water partition coefficient (Wildman–Crippen LogP) is 1.64. The number of esters is 1. The van der Waals surface area contributed by atoms with Crippen molar-refractivity contribution in [3.63, 3.8) is 0 Å². The molecule has 0 atom stereocenters. The van der Waals surface area contributed by atoms with E-state index < -0.39 is 24.3 Å². The molecule has 0 saturated carbocycles. The van der Waals surface area contributed by atoms with Crippen LogP contribution in [-0.4, -0.2) is 47.6 Å². The Hall–Kier alpha value is -1.09. The van der Waals surface area contributed by atoms with Gasteiger partial charge in [-0.2, -0.15) is 0 Å². The first-order valence-corrected chi connectivity index (χ1v) is 8.42. The van der Waals surface area contributed by atoms with Crippen LogP contribution in [0, 0.1) is 0 Å². The third-order valence-corrected chi connectivity index (χ3v) is 4.18. The number of halogens is 1. The minimum Gasteiger partial charge on any atom is -0.482 e. The van der Waals surface area contributed by atoms with E-state index in [2.05, 4.69) is 15.9 Å². The Bertz CT molecular complexity index is 570. The van der Waals surface area contributed by atoms with Gasteiger partial charge in [-0.05, 0) is 58.3 Å². The molecule has 2 N–H and O–H groups in total. The smallest absolute Gasteiger partial charge is 0.482 e. The van der Waals surface area contributed by atoms with Crippen molar-refractivity contribution >= 4 is 34.5 Å². The maximum absolute atomic E-state index is 11.4. The minimum atomic E-state index is -1.27. The molecule has 0 heterocycles. The second-order valence-electron chi connectivity index (χ2n) is 6.35. The first kappa shape index (κ1) is 21.0. The molecule has 24 heavy (non-hydrogen) atoms. The standard InChI is InChI=1S/C16H24BBrO6/c1-6-22-14(19)10-23-13-8-11(7-12(18)9-13)17(21)24-16(4,5)15(2,3)20/h7-9,20-21H,6,10H2,1-5H3. The molecule has 0 amide bonds. The van der Waals surface area contributed by atoms with Crippen molar-refractivity contribution < 1.29 is 29.1 Å². The molecule has 0 radical (unpaired) electrons. The van der Waals surface area contributed by atoms with Crippen molar-refractivity contribution in [3.05, 3.63) is 22.7 Å². The second-order valence-corrected chi connectivity index (χ2v) is 7.27. The van der Waals surface area contributed by atoms with Crippen LogP contribution >= 0.6 is 15.9 Å². The number of hydrogen-bond acceptors (Lipinski definition) is 6. The summed E-state index contributed by atoms with van der Waals surface area (Å²) in [6.45, 7) is 8.36. The lowest BCUT2D eigenvalue weighted by Crippen LogP contribution is -2.53. The van der Waals surface area contributed by atoms with Gasteiger partial charge < -0.3 is 24.3 Å². The molecule has 1 rings (SSSR count). The summed E-state index contributed by atoms with van der Waals surface area (Å²) in [6.07, 6.45) is 0. The van der Waals surface area contributed by atoms with Crippen molar-refractivity contribution in [2.75, 3.05) is 13.2 Å². The van der Waals surface area contributed by atoms with E-state index in [9.17, 15) is 14.9 Å². The molecule has 0 bridgehead atoms. The second kappa shape index (κ2) is 8.33. The Balaban J connectivity index is 2.87. The summed E-state index contributed by atoms with van der Waals surface area (Å²) in [5, 5.41) is 20.5. The Morgan fingerprint density at radius 1 is 1.25 bits per heavy atom. The molecular weight excluding hydrogens is 379 g/mol. The monoisotopic (exact) mass is 402 g/mol. The van der Waals surface area contributed by atoms with E-state index in [0.717, 1.165) is 0 Å². The lowest BCUT2D eigenvalue weighted by molar-refractivity contribution is -0.145. The number of rotatable bonds is 8. The summed E-state index contributed by atoms with van der Waals surface area (Å²) in [4.78, 5) is 11.4. The highest BCUT2D eigenvalue weighted by Crippen LogP contribution is 2.26. The van der Waals surface area contributed by atoms with Crippen molar-refractivity contribution in [1.29, 1.82) is 0 Å². The van der Waals surface area contributed by atoms with Crippen LogP contribution in [0.3, 0.4) is 0 Å². The van der Waals surface area contributed by atoms with Gasteiger partial charge in [0.15, 0.2) is 6.61 Å². The highest BCUT2D eigenvalue weighted by molar-refractivity contribution is 9.10. The highest BCUT2D eigenvalue weighted by atomic mass is 79.9. The summed E-state index contributed by atoms with van der Waals surface area (Å²) in [6, 6.07) is 4.90. The Kier molecular flexibility index (Phi) is 7.28. The summed E-state index contributed by atoms with van der Waals surface area (Å²) < 4.78 is 16.4. The molecular formula is C16H24BBrO6. The zero-order valence-corrected chi connectivity index (χ0v) is 16.2. The van der Waals surface area contributed by atoms with Crippen LogP contribution in [0.15, 0.2) is 22.7 Å². The normalized spacial score (nSPS) is 12.0. The van der Waals surface area contributed by atoms with Crippen molar-refractivity contribution in [2.45, 2.75) is 45.8 Å². The largest absolute Gasteiger partial charge is 0.491 e. The summed E-state index contributed by atoms with van der Waals surface area (Å²) in [5.41, 5.74) is -1.70. The van der Waals surface area contributed by atoms with Crippen LogP contribution in [0.4, 0.5) is 0 Å². The van der Waals surface area contributed by atoms with E-state index in [4.69, 9.17) is 14.1 Å². The van der Waals surface area contributed by atoms with E-state index in [-0.39, 0.29) is 13.2 Å². The minimum absolute atomic E-state index is 0.226. The van der Waals surface area contributed by atoms with Gasteiger partial charge in [-0.3, -0.25) is 0 Å². The number of benzene rings is 1. The topological polar surface area (TPSA) is 85.2 Å². The lowest BCUT2D eigenvalue weighted by atomic mass is 9.76. The summed E-state index contributed by atoms with van der Waals surface area (Å²) in [7, 11) is -1.27. The average Bonchev–Trinajstić information content (AvgIpc) is 2.43. The number of carbonyl (C=O) groups excluding carboxylic acids is 1. The van der Waals surface area contributed by atoms with Crippen LogP contribution in [-0.2, 0) is 14.2 Å². The molecule has 0 unspecified atom stereocenters. The van der Waals surface area contributed by atoms with Crippen molar-refractivity contribution in [1.82, 2.24) is 0 Å². The van der Waals surface area contributed by atoms with Crippen LogP contribution in [0.1, 0.15) is 34.6 Å². The fraction of sp³-hybridized carbons (Fsp3) is 0.562. The van der Waals surface area contributed by atoms with Gasteiger partial charge in [-0.1, -0.05) is 15.9 Å². The van der Waals surface area contributed by atoms with Gasteiger partial charge in [0.05, 0.1) is 17.8 Å². The molecule has 0 aliphatic heterocycles. The SMILES string of the molecule is CCOC(=O)COc1cc(Br)cc(B(O)OC(C)(C)C(C)(C)O)c1. The van der Waals surface area contributed by atoms with E-state index in [1.54, 1.807) is 52.8 Å². The fourth-order valence-corrected chi connectivity index (χ4v) is 2.14. The fourth-order valence-electron chi connectivity index (χ4n) is 1.65. The Morgan fingerprint density at radius 2 is 1.88 bits per heavy atom. The molecule has 0 fully saturated rings. The van der Waals surface area contributed by atoms with E-state index in [1.165, 1.54) is 0 Å². The van der Waals surface area contributed by atoms with Crippen LogP contribution in [0.5, 0.6) is 5.75 Å². The van der Waals surface area contributed by atoms with E-state index in [1.807, 2.05) is 0 Å². The molecule has 8 heteroatoms. The highest BCUT2D eigenvalue weighted by Gasteiger charge is 2.39. The van der Waals surface area contributed by atoms with Gasteiger partial charge in [0, 0.05) is 4.47 Å². The van der Waals surface area contributed by atoms with Crippen LogP contribution in [0.2, 0.25) is 0 Å².